The van der Waals surface area contributed by atoms with Crippen LogP contribution in [0.1, 0.15) is 34.9 Å². The van der Waals surface area contributed by atoms with Gasteiger partial charge in [-0.05, 0) is 23.6 Å². The molecule has 0 aliphatic heterocycles. The zero-order valence-corrected chi connectivity index (χ0v) is 10.7. The fourth-order valence-electron chi connectivity index (χ4n) is 1.68. The Morgan fingerprint density at radius 1 is 1.50 bits per heavy atom. The van der Waals surface area contributed by atoms with Crippen LogP contribution in [-0.2, 0) is 0 Å². The molecule has 7 heteroatoms. The lowest BCUT2D eigenvalue weighted by Crippen LogP contribution is -2.19. The van der Waals surface area contributed by atoms with Crippen LogP contribution in [0.4, 0.5) is 0 Å². The lowest BCUT2D eigenvalue weighted by Gasteiger charge is -2.17. The molecule has 0 aliphatic rings. The third-order valence-electron chi connectivity index (χ3n) is 2.74. The molecule has 7 nitrogen and oxygen atoms in total. The molecule has 0 saturated heterocycles. The lowest BCUT2D eigenvalue weighted by molar-refractivity contribution is 0.0150. The van der Waals surface area contributed by atoms with E-state index in [1.807, 2.05) is 0 Å². The molecule has 0 heterocycles. The Morgan fingerprint density at radius 2 is 2.25 bits per heavy atom. The van der Waals surface area contributed by atoms with E-state index in [4.69, 9.17) is 10.8 Å². The van der Waals surface area contributed by atoms with Crippen molar-refractivity contribution in [2.24, 2.45) is 5.11 Å². The normalized spacial score (nSPS) is 12.8. The van der Waals surface area contributed by atoms with Crippen molar-refractivity contribution in [3.8, 4) is 6.07 Å². The summed E-state index contributed by atoms with van der Waals surface area (Å²) in [7, 11) is 0. The van der Waals surface area contributed by atoms with Crippen molar-refractivity contribution >= 4 is 5.78 Å². The highest BCUT2D eigenvalue weighted by atomic mass is 16.3. The maximum Gasteiger partial charge on any atom is 0.176 e. The number of Topliss-reactive ketones (excluding diaryl/α,β-unsaturated/α-hetero) is 1. The molecule has 0 aromatic heterocycles. The molecule has 0 saturated carbocycles. The number of nitrogens with zero attached hydrogens (tertiary/aromatic N) is 4. The zero-order valence-electron chi connectivity index (χ0n) is 10.7. The monoisotopic (exact) mass is 274 g/mol. The third kappa shape index (κ3) is 4.37. The van der Waals surface area contributed by atoms with E-state index in [1.54, 1.807) is 24.3 Å². The smallest absolute Gasteiger partial charge is 0.176 e. The van der Waals surface area contributed by atoms with Gasteiger partial charge in [0.25, 0.3) is 0 Å². The average Bonchev–Trinajstić information content (AvgIpc) is 2.47. The predicted molar refractivity (Wildman–Crippen MR) is 70.6 cm³/mol. The first-order valence-electron chi connectivity index (χ1n) is 5.97. The summed E-state index contributed by atoms with van der Waals surface area (Å²) in [6.07, 6.45) is -2.40. The lowest BCUT2D eigenvalue weighted by atomic mass is 9.98. The summed E-state index contributed by atoms with van der Waals surface area (Å²) >= 11 is 0. The number of hydrogen-bond donors (Lipinski definition) is 2. The van der Waals surface area contributed by atoms with E-state index >= 15 is 0 Å². The molecule has 0 aliphatic carbocycles. The van der Waals surface area contributed by atoms with E-state index in [0.717, 1.165) is 0 Å². The highest BCUT2D eigenvalue weighted by molar-refractivity contribution is 5.97. The van der Waals surface area contributed by atoms with E-state index in [9.17, 15) is 15.0 Å². The second-order valence-electron chi connectivity index (χ2n) is 4.14. The predicted octanol–water partition coefficient (Wildman–Crippen LogP) is 1.88. The number of aliphatic hydroxyl groups excluding tert-OH is 2. The first kappa shape index (κ1) is 15.7. The molecular formula is C13H14N4O3. The van der Waals surface area contributed by atoms with Gasteiger partial charge in [0.15, 0.2) is 5.78 Å². The molecule has 1 rings (SSSR count). The number of rotatable bonds is 7. The Hall–Kier alpha value is -2.39. The molecule has 0 bridgehead atoms. The molecule has 104 valence electrons. The Kier molecular flexibility index (Phi) is 6.20. The van der Waals surface area contributed by atoms with Gasteiger partial charge in [-0.15, -0.1) is 0 Å². The van der Waals surface area contributed by atoms with Gasteiger partial charge in [0.05, 0.1) is 18.6 Å². The molecule has 1 aromatic rings. The summed E-state index contributed by atoms with van der Waals surface area (Å²) in [4.78, 5) is 14.1. The summed E-state index contributed by atoms with van der Waals surface area (Å²) in [5.74, 6) is -0.342. The Morgan fingerprint density at radius 3 is 2.90 bits per heavy atom. The second-order valence-corrected chi connectivity index (χ2v) is 4.14. The van der Waals surface area contributed by atoms with Crippen LogP contribution in [0.2, 0.25) is 0 Å². The van der Waals surface area contributed by atoms with Gasteiger partial charge in [-0.3, -0.25) is 4.79 Å². The molecule has 2 N–H and O–H groups in total. The van der Waals surface area contributed by atoms with Crippen LogP contribution in [0.25, 0.3) is 10.4 Å². The van der Waals surface area contributed by atoms with Crippen molar-refractivity contribution in [3.05, 3.63) is 45.8 Å². The van der Waals surface area contributed by atoms with Gasteiger partial charge >= 0.3 is 0 Å². The van der Waals surface area contributed by atoms with Crippen LogP contribution in [0.3, 0.4) is 0 Å². The average molecular weight is 274 g/mol. The molecule has 0 fully saturated rings. The Labute approximate surface area is 115 Å². The van der Waals surface area contributed by atoms with Crippen molar-refractivity contribution < 1.29 is 15.0 Å². The minimum Gasteiger partial charge on any atom is -0.390 e. The van der Waals surface area contributed by atoms with Crippen molar-refractivity contribution in [3.63, 3.8) is 0 Å². The highest BCUT2D eigenvalue weighted by Crippen LogP contribution is 2.20. The van der Waals surface area contributed by atoms with Gasteiger partial charge < -0.3 is 10.2 Å². The number of hydrogen-bond acceptors (Lipinski definition) is 5. The van der Waals surface area contributed by atoms with Crippen molar-refractivity contribution in [2.75, 3.05) is 6.54 Å². The first-order chi connectivity index (χ1) is 9.60. The third-order valence-corrected chi connectivity index (χ3v) is 2.74. The van der Waals surface area contributed by atoms with Gasteiger partial charge in [-0.25, -0.2) is 0 Å². The number of azide groups is 1. The molecule has 1 aromatic carbocycles. The van der Waals surface area contributed by atoms with Gasteiger partial charge in [0, 0.05) is 17.0 Å². The fourth-order valence-corrected chi connectivity index (χ4v) is 1.68. The van der Waals surface area contributed by atoms with Crippen LogP contribution >= 0.6 is 0 Å². The number of nitriles is 1. The molecular weight excluding hydrogens is 260 g/mol. The quantitative estimate of drug-likeness (QED) is 0.340. The van der Waals surface area contributed by atoms with E-state index < -0.39 is 12.2 Å². The standard InChI is InChI=1S/C13H14N4O3/c14-6-4-11(18)9-2-1-3-10(8-9)13(20)12(19)5-7-16-17-15/h1-3,8,12-13,19-20H,4-5,7H2. The molecule has 0 spiro atoms. The fraction of sp³-hybridized carbons (Fsp3) is 0.385. The highest BCUT2D eigenvalue weighted by Gasteiger charge is 2.18. The van der Waals surface area contributed by atoms with Gasteiger partial charge in [-0.1, -0.05) is 23.3 Å². The van der Waals surface area contributed by atoms with Gasteiger partial charge in [-0.2, -0.15) is 5.26 Å². The maximum absolute atomic E-state index is 11.6. The molecule has 20 heavy (non-hydrogen) atoms. The van der Waals surface area contributed by atoms with Crippen LogP contribution in [0.5, 0.6) is 0 Å². The number of carbonyl (C=O) groups is 1. The van der Waals surface area contributed by atoms with Crippen LogP contribution in [-0.4, -0.2) is 28.6 Å². The molecule has 0 amide bonds. The van der Waals surface area contributed by atoms with Crippen molar-refractivity contribution in [2.45, 2.75) is 25.0 Å². The maximum atomic E-state index is 11.6. The summed E-state index contributed by atoms with van der Waals surface area (Å²) in [6.45, 7) is 0.0712. The topological polar surface area (TPSA) is 130 Å². The second kappa shape index (κ2) is 7.92. The van der Waals surface area contributed by atoms with E-state index in [2.05, 4.69) is 10.0 Å². The van der Waals surface area contributed by atoms with E-state index in [-0.39, 0.29) is 25.2 Å². The summed E-state index contributed by atoms with van der Waals surface area (Å²) < 4.78 is 0. The zero-order chi connectivity index (χ0) is 15.0. The first-order valence-corrected chi connectivity index (χ1v) is 5.97. The molecule has 2 unspecified atom stereocenters. The Bertz CT molecular complexity index is 561. The number of aliphatic hydroxyl groups is 2. The largest absolute Gasteiger partial charge is 0.390 e. The minimum absolute atomic E-state index is 0.0712. The summed E-state index contributed by atoms with van der Waals surface area (Å²) in [5, 5.41) is 31.5. The van der Waals surface area contributed by atoms with Gasteiger partial charge in [0.2, 0.25) is 0 Å². The van der Waals surface area contributed by atoms with Gasteiger partial charge in [0.1, 0.15) is 6.10 Å². The molecule has 2 atom stereocenters. The molecule has 0 radical (unpaired) electrons. The van der Waals surface area contributed by atoms with E-state index in [1.165, 1.54) is 6.07 Å². The summed E-state index contributed by atoms with van der Waals surface area (Å²) in [5.41, 5.74) is 8.82. The van der Waals surface area contributed by atoms with Crippen LogP contribution < -0.4 is 0 Å². The SMILES string of the molecule is N#CCC(=O)c1cccc(C(O)C(O)CCN=[N+]=[N-])c1. The van der Waals surface area contributed by atoms with Crippen LogP contribution in [0, 0.1) is 11.3 Å². The number of carbonyl (C=O) groups excluding carboxylic acids is 1. The number of benzene rings is 1. The van der Waals surface area contributed by atoms with E-state index in [0.29, 0.717) is 11.1 Å². The van der Waals surface area contributed by atoms with Crippen molar-refractivity contribution in [1.82, 2.24) is 0 Å². The Balaban J connectivity index is 2.80. The number of ketones is 1. The van der Waals surface area contributed by atoms with Crippen LogP contribution in [0.15, 0.2) is 29.4 Å². The summed E-state index contributed by atoms with van der Waals surface area (Å²) in [6, 6.07) is 7.90. The minimum atomic E-state index is -1.18. The van der Waals surface area contributed by atoms with Crippen molar-refractivity contribution in [1.29, 1.82) is 5.26 Å².